The maximum absolute atomic E-state index is 9.99. The van der Waals surface area contributed by atoms with Crippen molar-refractivity contribution in [2.24, 2.45) is 0 Å². The molecule has 0 saturated carbocycles. The van der Waals surface area contributed by atoms with Crippen LogP contribution in [0.2, 0.25) is 0 Å². The zero-order valence-electron chi connectivity index (χ0n) is 21.9. The van der Waals surface area contributed by atoms with Gasteiger partial charge in [0.15, 0.2) is 11.9 Å². The van der Waals surface area contributed by atoms with Crippen LogP contribution in [-0.2, 0) is 9.47 Å². The Labute approximate surface area is 227 Å². The Morgan fingerprint density at radius 3 is 2.90 bits per heavy atom. The Balaban J connectivity index is 1.33. The number of nitrogens with one attached hydrogen (secondary N) is 1. The molecule has 0 bridgehead atoms. The van der Waals surface area contributed by atoms with Gasteiger partial charge >= 0.3 is 0 Å². The van der Waals surface area contributed by atoms with Gasteiger partial charge < -0.3 is 28.7 Å². The molecule has 2 aliphatic heterocycles. The lowest BCUT2D eigenvalue weighted by molar-refractivity contribution is -0.105. The van der Waals surface area contributed by atoms with Gasteiger partial charge in [0.2, 0.25) is 0 Å². The van der Waals surface area contributed by atoms with Crippen molar-refractivity contribution < 1.29 is 23.4 Å². The van der Waals surface area contributed by atoms with Crippen LogP contribution in [0, 0.1) is 11.3 Å². The number of hydrogen-bond acceptors (Lipinski definition) is 9. The fourth-order valence-corrected chi connectivity index (χ4v) is 5.13. The maximum Gasteiger partial charge on any atom is 0.199 e. The van der Waals surface area contributed by atoms with Gasteiger partial charge in [0, 0.05) is 49.8 Å². The van der Waals surface area contributed by atoms with Crippen LogP contribution in [0.3, 0.4) is 0 Å². The van der Waals surface area contributed by atoms with Gasteiger partial charge in [0.1, 0.15) is 17.6 Å². The van der Waals surface area contributed by atoms with E-state index in [-0.39, 0.29) is 6.29 Å². The number of aromatic nitrogens is 1. The highest BCUT2D eigenvalue weighted by Crippen LogP contribution is 2.40. The average Bonchev–Trinajstić information content (AvgIpc) is 3.47. The number of para-hydroxylation sites is 1. The van der Waals surface area contributed by atoms with Crippen LogP contribution in [0.1, 0.15) is 31.2 Å². The molecule has 39 heavy (non-hydrogen) atoms. The van der Waals surface area contributed by atoms with E-state index in [0.29, 0.717) is 52.4 Å². The van der Waals surface area contributed by atoms with Crippen molar-refractivity contribution in [1.82, 2.24) is 9.88 Å². The standard InChI is InChI=1S/C30H32N4O5/c31-19-22-20-32-25-17-23(36-13-4-9-34-10-15-35-16-11-34)18-26(39-27-7-1-2-12-37-27)28(25)29(22)33-24-6-3-5-21-8-14-38-30(21)24/h3,5-6,8,14,17-18,20,27H,1-2,4,7,9-13,15-16H2,(H,32,33). The van der Waals surface area contributed by atoms with E-state index >= 15 is 0 Å². The minimum atomic E-state index is -0.370. The van der Waals surface area contributed by atoms with Crippen LogP contribution in [0.5, 0.6) is 11.5 Å². The second kappa shape index (κ2) is 11.9. The largest absolute Gasteiger partial charge is 0.493 e. The van der Waals surface area contributed by atoms with Gasteiger partial charge in [-0.05, 0) is 31.4 Å². The third kappa shape index (κ3) is 5.78. The van der Waals surface area contributed by atoms with Gasteiger partial charge in [-0.25, -0.2) is 0 Å². The summed E-state index contributed by atoms with van der Waals surface area (Å²) < 4.78 is 29.7. The molecular formula is C30H32N4O5. The first-order valence-electron chi connectivity index (χ1n) is 13.6. The van der Waals surface area contributed by atoms with Crippen LogP contribution in [0.15, 0.2) is 53.3 Å². The highest BCUT2D eigenvalue weighted by atomic mass is 16.7. The van der Waals surface area contributed by atoms with Crippen LogP contribution in [0.25, 0.3) is 21.9 Å². The third-order valence-corrected chi connectivity index (χ3v) is 7.15. The number of rotatable bonds is 9. The van der Waals surface area contributed by atoms with Crippen molar-refractivity contribution in [2.45, 2.75) is 32.0 Å². The van der Waals surface area contributed by atoms with Crippen molar-refractivity contribution in [3.8, 4) is 17.6 Å². The SMILES string of the molecule is N#Cc1cnc2cc(OCCCN3CCOCC3)cc(OC3CCCCO3)c2c1Nc1cccc2ccoc12. The second-order valence-corrected chi connectivity index (χ2v) is 9.81. The second-order valence-electron chi connectivity index (χ2n) is 9.81. The van der Waals surface area contributed by atoms with Crippen LogP contribution >= 0.6 is 0 Å². The molecular weight excluding hydrogens is 496 g/mol. The van der Waals surface area contributed by atoms with Gasteiger partial charge in [-0.2, -0.15) is 5.26 Å². The highest BCUT2D eigenvalue weighted by molar-refractivity contribution is 6.03. The molecule has 2 aromatic heterocycles. The molecule has 2 aromatic carbocycles. The molecule has 2 fully saturated rings. The number of hydrogen-bond donors (Lipinski definition) is 1. The summed E-state index contributed by atoms with van der Waals surface area (Å²) in [6, 6.07) is 13.8. The minimum absolute atomic E-state index is 0.370. The number of ether oxygens (including phenoxy) is 4. The number of anilines is 2. The lowest BCUT2D eigenvalue weighted by Crippen LogP contribution is -2.37. The normalized spacial score (nSPS) is 18.2. The number of pyridine rings is 1. The molecule has 4 aromatic rings. The van der Waals surface area contributed by atoms with Crippen LogP contribution in [-0.4, -0.2) is 62.2 Å². The molecule has 9 heteroatoms. The van der Waals surface area contributed by atoms with Gasteiger partial charge in [-0.15, -0.1) is 0 Å². The van der Waals surface area contributed by atoms with Gasteiger partial charge in [0.25, 0.3) is 0 Å². The van der Waals surface area contributed by atoms with Crippen molar-refractivity contribution >= 4 is 33.2 Å². The van der Waals surface area contributed by atoms with E-state index in [9.17, 15) is 5.26 Å². The monoisotopic (exact) mass is 528 g/mol. The minimum Gasteiger partial charge on any atom is -0.493 e. The predicted octanol–water partition coefficient (Wildman–Crippen LogP) is 5.60. The molecule has 202 valence electrons. The third-order valence-electron chi connectivity index (χ3n) is 7.15. The summed E-state index contributed by atoms with van der Waals surface area (Å²) in [6.45, 7) is 5.70. The molecule has 0 radical (unpaired) electrons. The van der Waals surface area contributed by atoms with E-state index < -0.39 is 0 Å². The fourth-order valence-electron chi connectivity index (χ4n) is 5.13. The molecule has 1 unspecified atom stereocenters. The average molecular weight is 529 g/mol. The molecule has 0 amide bonds. The summed E-state index contributed by atoms with van der Waals surface area (Å²) in [6.07, 6.45) is 6.62. The number of nitriles is 1. The molecule has 6 rings (SSSR count). The Morgan fingerprint density at radius 1 is 1.13 bits per heavy atom. The molecule has 2 aliphatic rings. The Bertz CT molecular complexity index is 1470. The van der Waals surface area contributed by atoms with Gasteiger partial charge in [-0.3, -0.25) is 9.88 Å². The molecule has 0 spiro atoms. The zero-order valence-corrected chi connectivity index (χ0v) is 21.9. The van der Waals surface area contributed by atoms with Crippen molar-refractivity contribution in [2.75, 3.05) is 51.4 Å². The lowest BCUT2D eigenvalue weighted by atomic mass is 10.1. The summed E-state index contributed by atoms with van der Waals surface area (Å²) in [5, 5.41) is 15.1. The molecule has 9 nitrogen and oxygen atoms in total. The topological polar surface area (TPSA) is 102 Å². The number of benzene rings is 2. The first-order valence-corrected chi connectivity index (χ1v) is 13.6. The number of nitrogens with zero attached hydrogens (tertiary/aromatic N) is 3. The van der Waals surface area contributed by atoms with E-state index in [0.717, 1.165) is 69.6 Å². The summed E-state index contributed by atoms with van der Waals surface area (Å²) in [5.41, 5.74) is 3.14. The predicted molar refractivity (Wildman–Crippen MR) is 148 cm³/mol. The number of fused-ring (bicyclic) bond motifs is 2. The lowest BCUT2D eigenvalue weighted by Gasteiger charge is -2.26. The van der Waals surface area contributed by atoms with E-state index in [1.165, 1.54) is 0 Å². The fraction of sp³-hybridized carbons (Fsp3) is 0.400. The van der Waals surface area contributed by atoms with Crippen LogP contribution in [0.4, 0.5) is 11.4 Å². The van der Waals surface area contributed by atoms with E-state index in [1.807, 2.05) is 36.4 Å². The zero-order chi connectivity index (χ0) is 26.4. The summed E-state index contributed by atoms with van der Waals surface area (Å²) in [5.74, 6) is 1.24. The molecule has 2 saturated heterocycles. The van der Waals surface area contributed by atoms with Gasteiger partial charge in [-0.1, -0.05) is 12.1 Å². The van der Waals surface area contributed by atoms with Crippen molar-refractivity contribution in [3.63, 3.8) is 0 Å². The highest BCUT2D eigenvalue weighted by Gasteiger charge is 2.22. The molecule has 1 N–H and O–H groups in total. The smallest absolute Gasteiger partial charge is 0.199 e. The molecule has 1 atom stereocenters. The molecule has 0 aliphatic carbocycles. The van der Waals surface area contributed by atoms with E-state index in [1.54, 1.807) is 12.5 Å². The van der Waals surface area contributed by atoms with Gasteiger partial charge in [0.05, 0.1) is 60.5 Å². The number of morpholine rings is 1. The first kappa shape index (κ1) is 25.4. The maximum atomic E-state index is 9.99. The number of furan rings is 1. The Hall–Kier alpha value is -3.84. The Morgan fingerprint density at radius 2 is 2.05 bits per heavy atom. The van der Waals surface area contributed by atoms with Crippen molar-refractivity contribution in [1.29, 1.82) is 5.26 Å². The van der Waals surface area contributed by atoms with E-state index in [4.69, 9.17) is 23.4 Å². The summed E-state index contributed by atoms with van der Waals surface area (Å²) in [7, 11) is 0. The van der Waals surface area contributed by atoms with E-state index in [2.05, 4.69) is 21.3 Å². The summed E-state index contributed by atoms with van der Waals surface area (Å²) >= 11 is 0. The van der Waals surface area contributed by atoms with Crippen molar-refractivity contribution in [3.05, 3.63) is 54.4 Å². The molecule has 4 heterocycles. The quantitative estimate of drug-likeness (QED) is 0.278. The van der Waals surface area contributed by atoms with Crippen LogP contribution < -0.4 is 14.8 Å². The Kier molecular flexibility index (Phi) is 7.77. The summed E-state index contributed by atoms with van der Waals surface area (Å²) in [4.78, 5) is 7.01. The first-order chi connectivity index (χ1) is 19.3.